The molecular weight excluding hydrogens is 458 g/mol. The number of amides is 2. The van der Waals surface area contributed by atoms with Crippen molar-refractivity contribution in [3.05, 3.63) is 43.0 Å². The highest BCUT2D eigenvalue weighted by atomic mass is 16.7. The topological polar surface area (TPSA) is 137 Å². The Morgan fingerprint density at radius 3 is 2.26 bits per heavy atom. The van der Waals surface area contributed by atoms with E-state index < -0.39 is 41.2 Å². The highest BCUT2D eigenvalue weighted by Crippen LogP contribution is 2.46. The van der Waals surface area contributed by atoms with Gasteiger partial charge >= 0.3 is 18.2 Å². The minimum Gasteiger partial charge on any atom is -0.481 e. The first-order valence-electron chi connectivity index (χ1n) is 11.3. The number of benzene rings is 1. The standard InChI is InChI=1S/C24H31N3O8/c1-4-14-34-22(33)35-18-15-23(2,20(29)30)24(3,27(16-18)21(31)32)19(28)26-12-10-25(11-13-26)17-8-6-5-7-9-17/h4-9,18H,1,10-16H2,2-3H3,(H,29,30)(H,31,32)/t18-,23+,24+/m0/s1. The number of likely N-dealkylation sites (tertiary alicyclic amines) is 1. The number of piperidine rings is 1. The second-order valence-corrected chi connectivity index (χ2v) is 9.01. The molecule has 0 radical (unpaired) electrons. The van der Waals surface area contributed by atoms with E-state index in [1.54, 1.807) is 0 Å². The van der Waals surface area contributed by atoms with Crippen LogP contribution in [0.1, 0.15) is 20.3 Å². The van der Waals surface area contributed by atoms with Gasteiger partial charge in [0.1, 0.15) is 23.7 Å². The van der Waals surface area contributed by atoms with E-state index in [0.717, 1.165) is 10.6 Å². The quantitative estimate of drug-likeness (QED) is 0.455. The number of piperazine rings is 1. The first-order valence-corrected chi connectivity index (χ1v) is 11.3. The van der Waals surface area contributed by atoms with Crippen LogP contribution in [-0.2, 0) is 19.1 Å². The Balaban J connectivity index is 1.84. The lowest BCUT2D eigenvalue weighted by Crippen LogP contribution is -2.74. The number of carbonyl (C=O) groups excluding carboxylic acids is 2. The molecule has 190 valence electrons. The van der Waals surface area contributed by atoms with Gasteiger partial charge in [-0.15, -0.1) is 0 Å². The van der Waals surface area contributed by atoms with Crippen LogP contribution in [0.5, 0.6) is 0 Å². The van der Waals surface area contributed by atoms with Gasteiger partial charge in [-0.05, 0) is 26.0 Å². The molecule has 11 nitrogen and oxygen atoms in total. The third-order valence-electron chi connectivity index (χ3n) is 7.03. The number of carbonyl (C=O) groups is 4. The predicted molar refractivity (Wildman–Crippen MR) is 125 cm³/mol. The Morgan fingerprint density at radius 1 is 1.09 bits per heavy atom. The molecule has 1 aromatic carbocycles. The van der Waals surface area contributed by atoms with E-state index >= 15 is 0 Å². The molecule has 0 bridgehead atoms. The van der Waals surface area contributed by atoms with Crippen molar-refractivity contribution in [1.29, 1.82) is 0 Å². The van der Waals surface area contributed by atoms with Crippen LogP contribution in [0.15, 0.2) is 43.0 Å². The Labute approximate surface area is 203 Å². The molecule has 3 rings (SSSR count). The molecule has 1 aromatic rings. The zero-order valence-electron chi connectivity index (χ0n) is 19.9. The second-order valence-electron chi connectivity index (χ2n) is 9.01. The van der Waals surface area contributed by atoms with Crippen LogP contribution in [0.3, 0.4) is 0 Å². The molecule has 0 unspecified atom stereocenters. The number of rotatable bonds is 6. The molecule has 0 saturated carbocycles. The summed E-state index contributed by atoms with van der Waals surface area (Å²) in [7, 11) is 0. The first kappa shape index (κ1) is 25.9. The van der Waals surface area contributed by atoms with Gasteiger partial charge in [0.25, 0.3) is 0 Å². The molecule has 2 amide bonds. The van der Waals surface area contributed by atoms with E-state index in [2.05, 4.69) is 11.5 Å². The van der Waals surface area contributed by atoms with Crippen LogP contribution in [0.2, 0.25) is 0 Å². The highest BCUT2D eigenvalue weighted by molar-refractivity contribution is 5.96. The molecule has 2 aliphatic rings. The van der Waals surface area contributed by atoms with E-state index in [1.165, 1.54) is 24.8 Å². The van der Waals surface area contributed by atoms with Crippen molar-refractivity contribution in [3.63, 3.8) is 0 Å². The smallest absolute Gasteiger partial charge is 0.481 e. The lowest BCUT2D eigenvalue weighted by atomic mass is 9.64. The molecule has 3 atom stereocenters. The highest BCUT2D eigenvalue weighted by Gasteiger charge is 2.65. The zero-order chi connectivity index (χ0) is 25.8. The summed E-state index contributed by atoms with van der Waals surface area (Å²) in [6.07, 6.45) is -2.59. The molecule has 2 fully saturated rings. The Hall–Kier alpha value is -3.76. The Morgan fingerprint density at radius 2 is 1.71 bits per heavy atom. The van der Waals surface area contributed by atoms with Crippen molar-refractivity contribution < 1.29 is 38.9 Å². The molecular formula is C24H31N3O8. The average molecular weight is 490 g/mol. The van der Waals surface area contributed by atoms with Crippen molar-refractivity contribution >= 4 is 29.8 Å². The summed E-state index contributed by atoms with van der Waals surface area (Å²) in [5, 5.41) is 20.2. The second kappa shape index (κ2) is 10.2. The number of para-hydroxylation sites is 1. The van der Waals surface area contributed by atoms with Crippen molar-refractivity contribution in [1.82, 2.24) is 9.80 Å². The maximum Gasteiger partial charge on any atom is 0.508 e. The van der Waals surface area contributed by atoms with Gasteiger partial charge in [0.05, 0.1) is 6.54 Å². The molecule has 35 heavy (non-hydrogen) atoms. The van der Waals surface area contributed by atoms with Crippen molar-refractivity contribution in [3.8, 4) is 0 Å². The van der Waals surface area contributed by atoms with E-state index in [1.807, 2.05) is 30.3 Å². The molecule has 0 aromatic heterocycles. The normalized spacial score (nSPS) is 26.6. The monoisotopic (exact) mass is 489 g/mol. The van der Waals surface area contributed by atoms with Gasteiger partial charge in [-0.3, -0.25) is 14.5 Å². The Bertz CT molecular complexity index is 978. The van der Waals surface area contributed by atoms with E-state index in [9.17, 15) is 29.4 Å². The molecule has 2 saturated heterocycles. The van der Waals surface area contributed by atoms with Crippen molar-refractivity contribution in [2.45, 2.75) is 31.9 Å². The van der Waals surface area contributed by atoms with E-state index in [-0.39, 0.29) is 19.6 Å². The van der Waals surface area contributed by atoms with Crippen molar-refractivity contribution in [2.75, 3.05) is 44.2 Å². The molecule has 2 N–H and O–H groups in total. The van der Waals surface area contributed by atoms with Crippen LogP contribution in [0.4, 0.5) is 15.3 Å². The maximum atomic E-state index is 13.8. The number of hydrogen-bond donors (Lipinski definition) is 2. The van der Waals surface area contributed by atoms with Crippen LogP contribution < -0.4 is 4.90 Å². The van der Waals surface area contributed by atoms with Crippen LogP contribution in [0, 0.1) is 5.41 Å². The number of aliphatic carboxylic acids is 1. The fourth-order valence-corrected chi connectivity index (χ4v) is 4.81. The molecule has 11 heteroatoms. The van der Waals surface area contributed by atoms with Gasteiger partial charge in [0, 0.05) is 38.3 Å². The lowest BCUT2D eigenvalue weighted by molar-refractivity contribution is -0.181. The minimum atomic E-state index is -1.93. The van der Waals surface area contributed by atoms with Crippen LogP contribution in [0.25, 0.3) is 0 Å². The van der Waals surface area contributed by atoms with E-state index in [0.29, 0.717) is 26.2 Å². The number of carboxylic acid groups (broad SMARTS) is 2. The maximum absolute atomic E-state index is 13.8. The first-order chi connectivity index (χ1) is 16.5. The van der Waals surface area contributed by atoms with Crippen LogP contribution in [-0.4, -0.2) is 95.1 Å². The minimum absolute atomic E-state index is 0.116. The zero-order valence-corrected chi connectivity index (χ0v) is 19.9. The lowest BCUT2D eigenvalue weighted by Gasteiger charge is -2.54. The summed E-state index contributed by atoms with van der Waals surface area (Å²) in [5.74, 6) is -1.96. The number of hydrogen-bond acceptors (Lipinski definition) is 7. The van der Waals surface area contributed by atoms with Gasteiger partial charge < -0.3 is 29.5 Å². The molecule has 0 aliphatic carbocycles. The molecule has 2 heterocycles. The van der Waals surface area contributed by atoms with Gasteiger partial charge in [0.2, 0.25) is 5.91 Å². The fourth-order valence-electron chi connectivity index (χ4n) is 4.81. The molecule has 2 aliphatic heterocycles. The fraction of sp³-hybridized carbons (Fsp3) is 0.500. The SMILES string of the molecule is C=CCOC(=O)O[C@@H]1CN(C(=O)O)[C@](C)(C(=O)N2CCN(c3ccccc3)CC2)[C@@](C)(C(=O)O)C1. The van der Waals surface area contributed by atoms with E-state index in [4.69, 9.17) is 9.47 Å². The predicted octanol–water partition coefficient (Wildman–Crippen LogP) is 2.28. The number of ether oxygens (including phenoxy) is 2. The summed E-state index contributed by atoms with van der Waals surface area (Å²) in [6.45, 7) is 7.24. The summed E-state index contributed by atoms with van der Waals surface area (Å²) >= 11 is 0. The third-order valence-corrected chi connectivity index (χ3v) is 7.03. The van der Waals surface area contributed by atoms with Gasteiger partial charge in [-0.1, -0.05) is 30.9 Å². The summed E-state index contributed by atoms with van der Waals surface area (Å²) in [6, 6.07) is 9.69. The average Bonchev–Trinajstić information content (AvgIpc) is 2.84. The number of carboxylic acids is 1. The van der Waals surface area contributed by atoms with Gasteiger partial charge in [-0.25, -0.2) is 9.59 Å². The molecule has 0 spiro atoms. The number of nitrogens with zero attached hydrogens (tertiary/aromatic N) is 3. The third kappa shape index (κ3) is 4.89. The van der Waals surface area contributed by atoms with Crippen molar-refractivity contribution in [2.24, 2.45) is 5.41 Å². The number of anilines is 1. The van der Waals surface area contributed by atoms with Crippen LogP contribution >= 0.6 is 0 Å². The summed E-state index contributed by atoms with van der Waals surface area (Å²) < 4.78 is 9.98. The summed E-state index contributed by atoms with van der Waals surface area (Å²) in [5.41, 5.74) is -2.79. The summed E-state index contributed by atoms with van der Waals surface area (Å²) in [4.78, 5) is 54.9. The van der Waals surface area contributed by atoms with Gasteiger partial charge in [0.15, 0.2) is 0 Å². The van der Waals surface area contributed by atoms with Gasteiger partial charge in [-0.2, -0.15) is 0 Å². The largest absolute Gasteiger partial charge is 0.508 e. The Kier molecular flexibility index (Phi) is 7.57.